The number of nitro groups is 1. The Kier molecular flexibility index (Phi) is 8.08. The summed E-state index contributed by atoms with van der Waals surface area (Å²) >= 11 is 6.56. The molecule has 1 aromatic carbocycles. The largest absolute Gasteiger partial charge is 0.486 e. The molecule has 2 aliphatic heterocycles. The third-order valence-electron chi connectivity index (χ3n) is 8.25. The normalized spacial score (nSPS) is 18.0. The maximum Gasteiger partial charge on any atom is 0.363 e. The van der Waals surface area contributed by atoms with Crippen LogP contribution in [0.1, 0.15) is 36.9 Å². The quantitative estimate of drug-likeness (QED) is 0.191. The molecule has 4 aromatic rings. The molecular formula is C30H29ClF2N6O5. The van der Waals surface area contributed by atoms with E-state index >= 15 is 0 Å². The van der Waals surface area contributed by atoms with Gasteiger partial charge >= 0.3 is 5.82 Å². The Labute approximate surface area is 255 Å². The second kappa shape index (κ2) is 12.0. The third kappa shape index (κ3) is 5.52. The van der Waals surface area contributed by atoms with E-state index in [1.807, 2.05) is 6.92 Å². The van der Waals surface area contributed by atoms with Crippen molar-refractivity contribution < 1.29 is 23.2 Å². The van der Waals surface area contributed by atoms with Crippen LogP contribution in [0.2, 0.25) is 5.02 Å². The van der Waals surface area contributed by atoms with Gasteiger partial charge in [0.15, 0.2) is 23.2 Å². The third-order valence-corrected chi connectivity index (χ3v) is 8.59. The van der Waals surface area contributed by atoms with Crippen LogP contribution in [0.5, 0.6) is 11.6 Å². The first-order chi connectivity index (χ1) is 21.1. The number of hydrogen-bond acceptors (Lipinski definition) is 9. The Balaban J connectivity index is 1.40. The summed E-state index contributed by atoms with van der Waals surface area (Å²) < 4.78 is 41.9. The number of rotatable bonds is 8. The molecule has 0 bridgehead atoms. The molecule has 11 nitrogen and oxygen atoms in total. The van der Waals surface area contributed by atoms with Gasteiger partial charge in [-0.25, -0.2) is 9.37 Å². The minimum absolute atomic E-state index is 0.0498. The van der Waals surface area contributed by atoms with Crippen LogP contribution in [0.3, 0.4) is 0 Å². The summed E-state index contributed by atoms with van der Waals surface area (Å²) in [5, 5.41) is 11.6. The summed E-state index contributed by atoms with van der Waals surface area (Å²) in [5.74, 6) is -2.36. The van der Waals surface area contributed by atoms with Gasteiger partial charge in [-0.1, -0.05) is 11.6 Å². The summed E-state index contributed by atoms with van der Waals surface area (Å²) in [5.41, 5.74) is 1.73. The number of anilines is 1. The fraction of sp³-hybridized carbons (Fsp3) is 0.367. The first kappa shape index (κ1) is 29.7. The molecule has 0 amide bonds. The number of benzene rings is 1. The molecule has 0 radical (unpaired) electrons. The lowest BCUT2D eigenvalue weighted by atomic mass is 10.0. The topological polar surface area (TPSA) is 116 Å². The van der Waals surface area contributed by atoms with Crippen LogP contribution in [0.25, 0.3) is 10.9 Å². The number of methoxy groups -OCH3 is 1. The van der Waals surface area contributed by atoms with Crippen LogP contribution in [-0.4, -0.2) is 57.2 Å². The second-order valence-corrected chi connectivity index (χ2v) is 11.5. The van der Waals surface area contributed by atoms with Gasteiger partial charge in [-0.2, -0.15) is 4.39 Å². The Hall–Kier alpha value is -4.36. The van der Waals surface area contributed by atoms with Gasteiger partial charge in [0.1, 0.15) is 6.61 Å². The summed E-state index contributed by atoms with van der Waals surface area (Å²) in [6, 6.07) is 5.45. The summed E-state index contributed by atoms with van der Waals surface area (Å²) in [6.45, 7) is 3.82. The van der Waals surface area contributed by atoms with Crippen molar-refractivity contribution in [2.75, 3.05) is 31.7 Å². The van der Waals surface area contributed by atoms with E-state index in [1.54, 1.807) is 22.9 Å². The minimum Gasteiger partial charge on any atom is -0.486 e. The van der Waals surface area contributed by atoms with Crippen LogP contribution in [-0.2, 0) is 13.1 Å². The van der Waals surface area contributed by atoms with Crippen molar-refractivity contribution >= 4 is 34.0 Å². The van der Waals surface area contributed by atoms with Crippen molar-refractivity contribution in [3.8, 4) is 11.6 Å². The molecular weight excluding hydrogens is 598 g/mol. The summed E-state index contributed by atoms with van der Waals surface area (Å²) in [4.78, 5) is 36.8. The first-order valence-electron chi connectivity index (χ1n) is 14.1. The highest BCUT2D eigenvalue weighted by atomic mass is 35.5. The molecule has 230 valence electrons. The Morgan fingerprint density at radius 1 is 1.20 bits per heavy atom. The maximum absolute atomic E-state index is 14.6. The second-order valence-electron chi connectivity index (χ2n) is 11.0. The number of nitrogens with zero attached hydrogens (tertiary/aromatic N) is 6. The Bertz CT molecular complexity index is 1800. The van der Waals surface area contributed by atoms with Gasteiger partial charge in [0.05, 0.1) is 34.8 Å². The molecule has 5 heterocycles. The van der Waals surface area contributed by atoms with Gasteiger partial charge in [0.25, 0.3) is 0 Å². The molecule has 1 unspecified atom stereocenters. The molecule has 3 aromatic heterocycles. The van der Waals surface area contributed by atoms with Crippen LogP contribution < -0.4 is 19.8 Å². The average Bonchev–Trinajstić information content (AvgIpc) is 3.03. The number of aromatic nitrogens is 3. The smallest absolute Gasteiger partial charge is 0.363 e. The fourth-order valence-electron chi connectivity index (χ4n) is 5.97. The van der Waals surface area contributed by atoms with Crippen molar-refractivity contribution in [2.45, 2.75) is 44.9 Å². The number of ether oxygens (including phenoxy) is 2. The van der Waals surface area contributed by atoms with E-state index in [1.165, 1.54) is 25.6 Å². The van der Waals surface area contributed by atoms with Crippen molar-refractivity contribution in [2.24, 2.45) is 0 Å². The Morgan fingerprint density at radius 2 is 2.00 bits per heavy atom. The molecule has 0 spiro atoms. The first-order valence-corrected chi connectivity index (χ1v) is 14.5. The zero-order chi connectivity index (χ0) is 31.1. The van der Waals surface area contributed by atoms with Crippen LogP contribution in [0.15, 0.2) is 47.7 Å². The lowest BCUT2D eigenvalue weighted by molar-refractivity contribution is -0.389. The average molecular weight is 627 g/mol. The van der Waals surface area contributed by atoms with Gasteiger partial charge in [-0.15, -0.1) is 0 Å². The number of halogens is 3. The van der Waals surface area contributed by atoms with Gasteiger partial charge in [-0.05, 0) is 47.4 Å². The molecule has 0 aliphatic carbocycles. The monoisotopic (exact) mass is 626 g/mol. The predicted molar refractivity (Wildman–Crippen MR) is 160 cm³/mol. The number of piperidine rings is 1. The van der Waals surface area contributed by atoms with Crippen LogP contribution in [0, 0.1) is 21.7 Å². The molecule has 44 heavy (non-hydrogen) atoms. The maximum atomic E-state index is 14.6. The van der Waals surface area contributed by atoms with E-state index in [4.69, 9.17) is 21.1 Å². The van der Waals surface area contributed by atoms with Crippen LogP contribution >= 0.6 is 11.6 Å². The molecule has 1 saturated heterocycles. The molecule has 6 rings (SSSR count). The van der Waals surface area contributed by atoms with Crippen LogP contribution in [0.4, 0.5) is 20.3 Å². The summed E-state index contributed by atoms with van der Waals surface area (Å²) in [7, 11) is 1.51. The Morgan fingerprint density at radius 3 is 2.73 bits per heavy atom. The fourth-order valence-corrected chi connectivity index (χ4v) is 6.13. The van der Waals surface area contributed by atoms with Gasteiger partial charge in [0.2, 0.25) is 11.7 Å². The summed E-state index contributed by atoms with van der Waals surface area (Å²) in [6.07, 6.45) is 6.33. The van der Waals surface area contributed by atoms with Gasteiger partial charge in [-0.3, -0.25) is 9.69 Å². The van der Waals surface area contributed by atoms with Crippen molar-refractivity contribution in [3.63, 3.8) is 0 Å². The van der Waals surface area contributed by atoms with Gasteiger partial charge < -0.3 is 29.1 Å². The molecule has 2 aliphatic rings. The zero-order valence-electron chi connectivity index (χ0n) is 24.0. The van der Waals surface area contributed by atoms with E-state index < -0.39 is 22.0 Å². The predicted octanol–water partition coefficient (Wildman–Crippen LogP) is 5.26. The van der Waals surface area contributed by atoms with Crippen molar-refractivity contribution in [1.29, 1.82) is 0 Å². The zero-order valence-corrected chi connectivity index (χ0v) is 24.8. The van der Waals surface area contributed by atoms with Crippen molar-refractivity contribution in [1.82, 2.24) is 19.4 Å². The molecule has 1 fully saturated rings. The van der Waals surface area contributed by atoms with E-state index in [9.17, 15) is 23.7 Å². The minimum atomic E-state index is -1.14. The molecule has 0 saturated carbocycles. The highest BCUT2D eigenvalue weighted by molar-refractivity contribution is 6.31. The van der Waals surface area contributed by atoms with E-state index in [-0.39, 0.29) is 47.7 Å². The lowest BCUT2D eigenvalue weighted by Gasteiger charge is -2.40. The van der Waals surface area contributed by atoms with E-state index in [0.29, 0.717) is 29.6 Å². The lowest BCUT2D eigenvalue weighted by Crippen LogP contribution is -2.48. The number of pyridine rings is 3. The standard InChI is InChI=1S/C30H29ClF2N6O5/c1-17-16-44-30-27(33)24(32)9-22-28(30)38(17)14-19(29(22)40)13-37(12-18-8-26(43-2)35-11-23(18)31)21-4-3-7-36(15-21)20-5-6-25(34-10-20)39(41)42/h5-6,8-11,14,17,21H,3-4,7,12-13,15-16H2,1-2H3/t17?,21-/m0/s1. The highest BCUT2D eigenvalue weighted by Gasteiger charge is 2.31. The molecule has 2 atom stereocenters. The highest BCUT2D eigenvalue weighted by Crippen LogP contribution is 2.36. The molecule has 14 heteroatoms. The van der Waals surface area contributed by atoms with Gasteiger partial charge in [0, 0.05) is 62.3 Å². The van der Waals surface area contributed by atoms with E-state index in [2.05, 4.69) is 19.8 Å². The number of hydrogen-bond donors (Lipinski definition) is 0. The molecule has 0 N–H and O–H groups in total. The van der Waals surface area contributed by atoms with E-state index in [0.717, 1.165) is 36.7 Å². The van der Waals surface area contributed by atoms with Crippen molar-refractivity contribution in [3.05, 3.63) is 91.0 Å². The SMILES string of the molecule is COc1cc(CN(Cc2cn3c4c(c(F)c(F)cc4c2=O)OCC3C)[C@H]2CCCN(c3ccc([N+](=O)[O-])nc3)C2)c(Cl)cn1.